The Morgan fingerprint density at radius 1 is 1.14 bits per heavy atom. The zero-order valence-electron chi connectivity index (χ0n) is 13.3. The first-order valence-electron chi connectivity index (χ1n) is 8.86. The molecule has 7 atom stereocenters. The zero-order valence-corrected chi connectivity index (χ0v) is 13.3. The van der Waals surface area contributed by atoms with Gasteiger partial charge in [0.05, 0.1) is 6.10 Å². The predicted molar refractivity (Wildman–Crippen MR) is 82.6 cm³/mol. The van der Waals surface area contributed by atoms with Crippen molar-refractivity contribution >= 4 is 5.78 Å². The molecule has 4 rings (SSSR count). The number of carbonyl (C=O) groups excluding carboxylic acids is 1. The van der Waals surface area contributed by atoms with Crippen molar-refractivity contribution in [1.29, 1.82) is 0 Å². The van der Waals surface area contributed by atoms with E-state index in [-0.39, 0.29) is 16.9 Å². The number of ketones is 1. The molecule has 0 heterocycles. The molecule has 0 aromatic heterocycles. The van der Waals surface area contributed by atoms with Gasteiger partial charge in [0, 0.05) is 11.8 Å². The molecule has 0 aromatic rings. The van der Waals surface area contributed by atoms with Crippen molar-refractivity contribution in [2.75, 3.05) is 0 Å². The summed E-state index contributed by atoms with van der Waals surface area (Å²) in [5.74, 6) is 3.26. The number of rotatable bonds is 0. The van der Waals surface area contributed by atoms with Gasteiger partial charge in [-0.15, -0.1) is 0 Å². The average Bonchev–Trinajstić information content (AvgIpc) is 2.76. The monoisotopic (exact) mass is 288 g/mol. The van der Waals surface area contributed by atoms with E-state index in [1.165, 1.54) is 19.3 Å². The smallest absolute Gasteiger partial charge is 0.139 e. The summed E-state index contributed by atoms with van der Waals surface area (Å²) in [6, 6.07) is 0. The minimum Gasteiger partial charge on any atom is -0.389 e. The number of fused-ring (bicyclic) bond motifs is 5. The molecule has 2 heteroatoms. The summed E-state index contributed by atoms with van der Waals surface area (Å²) < 4.78 is 0. The summed E-state index contributed by atoms with van der Waals surface area (Å²) in [5.41, 5.74) is 0.247. The van der Waals surface area contributed by atoms with E-state index in [0.717, 1.165) is 37.5 Å². The third kappa shape index (κ3) is 1.78. The second-order valence-corrected chi connectivity index (χ2v) is 8.60. The fraction of sp³-hybridized carbons (Fsp3) is 0.842. The molecule has 3 saturated carbocycles. The number of Topliss-reactive ketones (excluding diaryl/α,β-unsaturated/α-hetero) is 1. The maximum atomic E-state index is 12.4. The van der Waals surface area contributed by atoms with Gasteiger partial charge in [0.1, 0.15) is 5.78 Å². The van der Waals surface area contributed by atoms with Crippen LogP contribution in [0.15, 0.2) is 12.2 Å². The fourth-order valence-electron chi connectivity index (χ4n) is 6.56. The molecule has 3 unspecified atom stereocenters. The number of aliphatic hydroxyl groups excluding tert-OH is 1. The van der Waals surface area contributed by atoms with Crippen LogP contribution in [0.5, 0.6) is 0 Å². The third-order valence-electron chi connectivity index (χ3n) is 7.88. The van der Waals surface area contributed by atoms with Gasteiger partial charge in [0.2, 0.25) is 0 Å². The van der Waals surface area contributed by atoms with Crippen LogP contribution < -0.4 is 0 Å². The molecule has 0 bridgehead atoms. The Bertz CT molecular complexity index is 496. The summed E-state index contributed by atoms with van der Waals surface area (Å²) in [6.07, 6.45) is 11.8. The van der Waals surface area contributed by atoms with E-state index in [0.29, 0.717) is 17.6 Å². The molecule has 0 radical (unpaired) electrons. The van der Waals surface area contributed by atoms with Crippen LogP contribution >= 0.6 is 0 Å². The van der Waals surface area contributed by atoms with Crippen LogP contribution in [-0.2, 0) is 4.79 Å². The number of aliphatic hydroxyl groups is 1. The van der Waals surface area contributed by atoms with Crippen LogP contribution in [0, 0.1) is 34.5 Å². The summed E-state index contributed by atoms with van der Waals surface area (Å²) in [5, 5.41) is 9.95. The average molecular weight is 288 g/mol. The first kappa shape index (κ1) is 14.0. The minimum absolute atomic E-state index is 0.0116. The van der Waals surface area contributed by atoms with Gasteiger partial charge >= 0.3 is 0 Å². The molecule has 0 amide bonds. The maximum absolute atomic E-state index is 12.4. The van der Waals surface area contributed by atoms with E-state index in [9.17, 15) is 9.90 Å². The van der Waals surface area contributed by atoms with Crippen molar-refractivity contribution in [3.63, 3.8) is 0 Å². The Morgan fingerprint density at radius 3 is 2.76 bits per heavy atom. The summed E-state index contributed by atoms with van der Waals surface area (Å²) in [6.45, 7) is 4.68. The molecule has 21 heavy (non-hydrogen) atoms. The minimum atomic E-state index is -0.235. The third-order valence-corrected chi connectivity index (χ3v) is 7.88. The van der Waals surface area contributed by atoms with Crippen LogP contribution in [-0.4, -0.2) is 17.0 Å². The largest absolute Gasteiger partial charge is 0.389 e. The lowest BCUT2D eigenvalue weighted by Gasteiger charge is -2.58. The second kappa shape index (κ2) is 4.44. The highest BCUT2D eigenvalue weighted by Gasteiger charge is 2.59. The van der Waals surface area contributed by atoms with Gasteiger partial charge < -0.3 is 5.11 Å². The molecule has 116 valence electrons. The van der Waals surface area contributed by atoms with E-state index in [1.807, 2.05) is 6.08 Å². The SMILES string of the molecule is C[C@]12CCC3C(CC[C@H]4C[C@@H](O)C=C[C@]34C)C1CCC2=O. The van der Waals surface area contributed by atoms with Crippen molar-refractivity contribution in [2.45, 2.75) is 64.9 Å². The van der Waals surface area contributed by atoms with E-state index in [1.54, 1.807) is 0 Å². The highest BCUT2D eigenvalue weighted by Crippen LogP contribution is 2.64. The van der Waals surface area contributed by atoms with Crippen molar-refractivity contribution in [3.05, 3.63) is 12.2 Å². The topological polar surface area (TPSA) is 37.3 Å². The van der Waals surface area contributed by atoms with E-state index < -0.39 is 0 Å². The van der Waals surface area contributed by atoms with Gasteiger partial charge in [-0.3, -0.25) is 4.79 Å². The Hall–Kier alpha value is -0.630. The summed E-state index contributed by atoms with van der Waals surface area (Å²) in [7, 11) is 0. The molecule has 0 saturated heterocycles. The molecular formula is C19H28O2. The fourth-order valence-corrected chi connectivity index (χ4v) is 6.56. The van der Waals surface area contributed by atoms with Crippen LogP contribution in [0.2, 0.25) is 0 Å². The predicted octanol–water partition coefficient (Wildman–Crippen LogP) is 3.74. The zero-order chi connectivity index (χ0) is 14.8. The van der Waals surface area contributed by atoms with Crippen molar-refractivity contribution < 1.29 is 9.90 Å². The Labute approximate surface area is 128 Å². The maximum Gasteiger partial charge on any atom is 0.139 e. The van der Waals surface area contributed by atoms with Crippen LogP contribution in [0.25, 0.3) is 0 Å². The highest BCUT2D eigenvalue weighted by atomic mass is 16.3. The molecule has 2 nitrogen and oxygen atoms in total. The molecule has 0 spiro atoms. The van der Waals surface area contributed by atoms with Gasteiger partial charge in [-0.05, 0) is 67.6 Å². The molecule has 3 fully saturated rings. The standard InChI is InChI=1S/C19H28O2/c1-18-9-7-13(20)11-12(18)3-4-14-15-5-6-17(21)19(15,2)10-8-16(14)18/h7,9,12-16,20H,3-6,8,10-11H2,1-2H3/t12-,13-,14?,15?,16?,18-,19-/m0/s1. The van der Waals surface area contributed by atoms with Crippen LogP contribution in [0.1, 0.15) is 58.8 Å². The van der Waals surface area contributed by atoms with Crippen LogP contribution in [0.3, 0.4) is 0 Å². The first-order chi connectivity index (χ1) is 9.95. The van der Waals surface area contributed by atoms with Gasteiger partial charge in [0.15, 0.2) is 0 Å². The van der Waals surface area contributed by atoms with Crippen molar-refractivity contribution in [3.8, 4) is 0 Å². The van der Waals surface area contributed by atoms with E-state index in [2.05, 4.69) is 19.9 Å². The Kier molecular flexibility index (Phi) is 2.96. The highest BCUT2D eigenvalue weighted by molar-refractivity contribution is 5.87. The molecule has 0 aromatic carbocycles. The van der Waals surface area contributed by atoms with Crippen molar-refractivity contribution in [2.24, 2.45) is 34.5 Å². The van der Waals surface area contributed by atoms with E-state index in [4.69, 9.17) is 0 Å². The lowest BCUT2D eigenvalue weighted by atomic mass is 9.46. The molecule has 4 aliphatic rings. The lowest BCUT2D eigenvalue weighted by molar-refractivity contribution is -0.134. The lowest BCUT2D eigenvalue weighted by Crippen LogP contribution is -2.52. The number of hydrogen-bond acceptors (Lipinski definition) is 2. The van der Waals surface area contributed by atoms with E-state index >= 15 is 0 Å². The molecule has 1 N–H and O–H groups in total. The van der Waals surface area contributed by atoms with Crippen LogP contribution in [0.4, 0.5) is 0 Å². The Morgan fingerprint density at radius 2 is 1.95 bits per heavy atom. The normalized spacial score (nSPS) is 55.8. The summed E-state index contributed by atoms with van der Waals surface area (Å²) >= 11 is 0. The van der Waals surface area contributed by atoms with Gasteiger partial charge in [-0.1, -0.05) is 26.0 Å². The van der Waals surface area contributed by atoms with Gasteiger partial charge in [-0.25, -0.2) is 0 Å². The summed E-state index contributed by atoms with van der Waals surface area (Å²) in [4.78, 5) is 12.4. The van der Waals surface area contributed by atoms with Crippen molar-refractivity contribution in [1.82, 2.24) is 0 Å². The number of hydrogen-bond donors (Lipinski definition) is 1. The molecule has 0 aliphatic heterocycles. The van der Waals surface area contributed by atoms with Gasteiger partial charge in [0.25, 0.3) is 0 Å². The Balaban J connectivity index is 1.68. The number of carbonyl (C=O) groups is 1. The second-order valence-electron chi connectivity index (χ2n) is 8.60. The molecular weight excluding hydrogens is 260 g/mol. The molecule has 4 aliphatic carbocycles. The number of allylic oxidation sites excluding steroid dienone is 1. The quantitative estimate of drug-likeness (QED) is 0.690. The first-order valence-corrected chi connectivity index (χ1v) is 8.86. The van der Waals surface area contributed by atoms with Gasteiger partial charge in [-0.2, -0.15) is 0 Å².